The zero-order valence-electron chi connectivity index (χ0n) is 9.32. The number of hydrogen-bond donors (Lipinski definition) is 1. The van der Waals surface area contributed by atoms with E-state index in [4.69, 9.17) is 11.6 Å². The largest absolute Gasteiger partial charge is 0.384 e. The van der Waals surface area contributed by atoms with E-state index >= 15 is 0 Å². The van der Waals surface area contributed by atoms with Crippen LogP contribution in [0.25, 0.3) is 0 Å². The molecule has 0 spiro atoms. The maximum absolute atomic E-state index is 10.3. The van der Waals surface area contributed by atoms with Crippen LogP contribution in [0.1, 0.15) is 22.8 Å². The van der Waals surface area contributed by atoms with Crippen molar-refractivity contribution in [1.29, 1.82) is 0 Å². The Bertz CT molecular complexity index is 522. The second-order valence-electron chi connectivity index (χ2n) is 3.98. The van der Waals surface area contributed by atoms with Crippen LogP contribution in [0.4, 0.5) is 0 Å². The molecule has 1 atom stereocenters. The van der Waals surface area contributed by atoms with Gasteiger partial charge in [0.1, 0.15) is 6.10 Å². The molecule has 0 radical (unpaired) electrons. The lowest BCUT2D eigenvalue weighted by molar-refractivity contribution is 0.220. The first-order chi connectivity index (χ1) is 8.08. The first kappa shape index (κ1) is 12.6. The first-order valence-electron chi connectivity index (χ1n) is 5.27. The fraction of sp³-hybridized carbons (Fsp3) is 0.143. The molecule has 1 nitrogen and oxygen atoms in total. The number of hydrogen-bond acceptors (Lipinski definition) is 1. The van der Waals surface area contributed by atoms with Crippen molar-refractivity contribution < 1.29 is 5.11 Å². The van der Waals surface area contributed by atoms with Gasteiger partial charge in [0.05, 0.1) is 0 Å². The van der Waals surface area contributed by atoms with Crippen molar-refractivity contribution in [2.45, 2.75) is 13.0 Å². The van der Waals surface area contributed by atoms with E-state index < -0.39 is 6.10 Å². The Morgan fingerprint density at radius 2 is 1.76 bits per heavy atom. The number of aliphatic hydroxyl groups excluding tert-OH is 1. The van der Waals surface area contributed by atoms with Gasteiger partial charge in [-0.2, -0.15) is 0 Å². The molecule has 17 heavy (non-hydrogen) atoms. The van der Waals surface area contributed by atoms with Gasteiger partial charge in [0.15, 0.2) is 0 Å². The number of rotatable bonds is 2. The third kappa shape index (κ3) is 2.89. The van der Waals surface area contributed by atoms with Crippen molar-refractivity contribution in [3.8, 4) is 0 Å². The molecule has 88 valence electrons. The normalized spacial score (nSPS) is 12.5. The standard InChI is InChI=1S/C14H12BrClO/c1-9-2-4-10(5-3-9)14(17)12-8-11(15)6-7-13(12)16/h2-8,14,17H,1H3. The van der Waals surface area contributed by atoms with E-state index in [0.29, 0.717) is 10.6 Å². The third-order valence-electron chi connectivity index (χ3n) is 2.65. The molecule has 3 heteroatoms. The quantitative estimate of drug-likeness (QED) is 0.866. The Morgan fingerprint density at radius 3 is 2.41 bits per heavy atom. The zero-order chi connectivity index (χ0) is 12.4. The van der Waals surface area contributed by atoms with E-state index in [1.54, 1.807) is 6.07 Å². The van der Waals surface area contributed by atoms with Crippen LogP contribution in [0.3, 0.4) is 0 Å². The van der Waals surface area contributed by atoms with E-state index in [-0.39, 0.29) is 0 Å². The maximum atomic E-state index is 10.3. The van der Waals surface area contributed by atoms with Crippen molar-refractivity contribution in [3.05, 3.63) is 68.7 Å². The Labute approximate surface area is 114 Å². The molecule has 0 bridgehead atoms. The highest BCUT2D eigenvalue weighted by Crippen LogP contribution is 2.30. The van der Waals surface area contributed by atoms with Crippen LogP contribution < -0.4 is 0 Å². The van der Waals surface area contributed by atoms with Gasteiger partial charge >= 0.3 is 0 Å². The fourth-order valence-corrected chi connectivity index (χ4v) is 2.25. The summed E-state index contributed by atoms with van der Waals surface area (Å²) in [7, 11) is 0. The molecular formula is C14H12BrClO. The van der Waals surface area contributed by atoms with Gasteiger partial charge in [-0.25, -0.2) is 0 Å². The molecule has 0 saturated carbocycles. The van der Waals surface area contributed by atoms with E-state index in [0.717, 1.165) is 10.0 Å². The van der Waals surface area contributed by atoms with Crippen LogP contribution in [0, 0.1) is 6.92 Å². The number of benzene rings is 2. The van der Waals surface area contributed by atoms with Crippen molar-refractivity contribution >= 4 is 27.5 Å². The highest BCUT2D eigenvalue weighted by Gasteiger charge is 2.13. The molecule has 0 saturated heterocycles. The van der Waals surface area contributed by atoms with Crippen LogP contribution in [0.15, 0.2) is 46.9 Å². The molecule has 1 N–H and O–H groups in total. The summed E-state index contributed by atoms with van der Waals surface area (Å²) < 4.78 is 0.906. The Hall–Kier alpha value is -0.830. The summed E-state index contributed by atoms with van der Waals surface area (Å²) in [5, 5.41) is 10.9. The Kier molecular flexibility index (Phi) is 3.87. The van der Waals surface area contributed by atoms with E-state index in [9.17, 15) is 5.11 Å². The van der Waals surface area contributed by atoms with E-state index in [1.807, 2.05) is 43.3 Å². The summed E-state index contributed by atoms with van der Waals surface area (Å²) >= 11 is 9.47. The molecule has 2 aromatic rings. The maximum Gasteiger partial charge on any atom is 0.106 e. The molecular weight excluding hydrogens is 300 g/mol. The molecule has 0 fully saturated rings. The second kappa shape index (κ2) is 5.21. The van der Waals surface area contributed by atoms with Gasteiger partial charge in [-0.1, -0.05) is 57.4 Å². The van der Waals surface area contributed by atoms with Crippen LogP contribution in [0.5, 0.6) is 0 Å². The smallest absolute Gasteiger partial charge is 0.106 e. The molecule has 0 aliphatic carbocycles. The van der Waals surface area contributed by atoms with Crippen molar-refractivity contribution in [2.24, 2.45) is 0 Å². The van der Waals surface area contributed by atoms with Gasteiger partial charge < -0.3 is 5.11 Å². The highest BCUT2D eigenvalue weighted by molar-refractivity contribution is 9.10. The highest BCUT2D eigenvalue weighted by atomic mass is 79.9. The molecule has 0 aliphatic heterocycles. The SMILES string of the molecule is Cc1ccc(C(O)c2cc(Br)ccc2Cl)cc1. The first-order valence-corrected chi connectivity index (χ1v) is 6.44. The Morgan fingerprint density at radius 1 is 1.12 bits per heavy atom. The number of aliphatic hydroxyl groups is 1. The predicted octanol–water partition coefficient (Wildman–Crippen LogP) is 4.49. The van der Waals surface area contributed by atoms with Gasteiger partial charge in [-0.15, -0.1) is 0 Å². The molecule has 2 aromatic carbocycles. The molecule has 0 amide bonds. The summed E-state index contributed by atoms with van der Waals surface area (Å²) in [5.74, 6) is 0. The third-order valence-corrected chi connectivity index (χ3v) is 3.48. The monoisotopic (exact) mass is 310 g/mol. The van der Waals surface area contributed by atoms with Gasteiger partial charge in [0, 0.05) is 15.1 Å². The summed E-state index contributed by atoms with van der Waals surface area (Å²) in [6.07, 6.45) is -0.694. The van der Waals surface area contributed by atoms with Gasteiger partial charge in [-0.05, 0) is 30.7 Å². The van der Waals surface area contributed by atoms with Crippen molar-refractivity contribution in [3.63, 3.8) is 0 Å². The average molecular weight is 312 g/mol. The molecule has 0 aliphatic rings. The van der Waals surface area contributed by atoms with E-state index in [1.165, 1.54) is 5.56 Å². The van der Waals surface area contributed by atoms with Crippen LogP contribution in [-0.4, -0.2) is 5.11 Å². The minimum atomic E-state index is -0.694. The topological polar surface area (TPSA) is 20.2 Å². The fourth-order valence-electron chi connectivity index (χ4n) is 1.65. The summed E-state index contributed by atoms with van der Waals surface area (Å²) in [5.41, 5.74) is 2.72. The summed E-state index contributed by atoms with van der Waals surface area (Å²) in [6.45, 7) is 2.02. The van der Waals surface area contributed by atoms with Crippen molar-refractivity contribution in [1.82, 2.24) is 0 Å². The molecule has 1 unspecified atom stereocenters. The number of aryl methyl sites for hydroxylation is 1. The number of halogens is 2. The second-order valence-corrected chi connectivity index (χ2v) is 5.30. The lowest BCUT2D eigenvalue weighted by Crippen LogP contribution is -2.00. The van der Waals surface area contributed by atoms with Crippen molar-refractivity contribution in [2.75, 3.05) is 0 Å². The van der Waals surface area contributed by atoms with Crippen LogP contribution in [0.2, 0.25) is 5.02 Å². The molecule has 0 heterocycles. The summed E-state index contributed by atoms with van der Waals surface area (Å²) in [6, 6.07) is 13.3. The predicted molar refractivity (Wildman–Crippen MR) is 74.4 cm³/mol. The minimum Gasteiger partial charge on any atom is -0.384 e. The van der Waals surface area contributed by atoms with Crippen LogP contribution >= 0.6 is 27.5 Å². The molecule has 0 aromatic heterocycles. The van der Waals surface area contributed by atoms with Gasteiger partial charge in [0.2, 0.25) is 0 Å². The average Bonchev–Trinajstić information content (AvgIpc) is 2.32. The van der Waals surface area contributed by atoms with E-state index in [2.05, 4.69) is 15.9 Å². The van der Waals surface area contributed by atoms with Gasteiger partial charge in [-0.3, -0.25) is 0 Å². The molecule has 2 rings (SSSR count). The summed E-state index contributed by atoms with van der Waals surface area (Å²) in [4.78, 5) is 0. The lowest BCUT2D eigenvalue weighted by Gasteiger charge is -2.13. The Balaban J connectivity index is 2.39. The van der Waals surface area contributed by atoms with Gasteiger partial charge in [0.25, 0.3) is 0 Å². The minimum absolute atomic E-state index is 0.571. The zero-order valence-corrected chi connectivity index (χ0v) is 11.7. The lowest BCUT2D eigenvalue weighted by atomic mass is 10.0. The van der Waals surface area contributed by atoms with Crippen LogP contribution in [-0.2, 0) is 0 Å².